The van der Waals surface area contributed by atoms with Crippen molar-refractivity contribution in [2.45, 2.75) is 155 Å². The van der Waals surface area contributed by atoms with Gasteiger partial charge in [0.25, 0.3) is 5.91 Å². The van der Waals surface area contributed by atoms with Crippen LogP contribution in [0.4, 0.5) is 4.79 Å². The molecule has 0 aromatic rings. The van der Waals surface area contributed by atoms with E-state index in [0.717, 1.165) is 89.3 Å². The molecule has 4 unspecified atom stereocenters. The number of nitrogens with zero attached hydrogens (tertiary/aromatic N) is 1. The second kappa shape index (κ2) is 26.0. The maximum atomic E-state index is 14.4. The van der Waals surface area contributed by atoms with Crippen LogP contribution in [-0.2, 0) is 19.2 Å². The molecule has 0 bridgehead atoms. The lowest BCUT2D eigenvalue weighted by molar-refractivity contribution is -0.140. The summed E-state index contributed by atoms with van der Waals surface area (Å²) in [7, 11) is 0. The van der Waals surface area contributed by atoms with Crippen LogP contribution in [0.25, 0.3) is 0 Å². The first-order chi connectivity index (χ1) is 26.4. The zero-order chi connectivity index (χ0) is 40.8. The third kappa shape index (κ3) is 16.7. The summed E-state index contributed by atoms with van der Waals surface area (Å²) >= 11 is 0. The lowest BCUT2D eigenvalue weighted by atomic mass is 9.88. The molecule has 11 heteroatoms. The average Bonchev–Trinajstić information content (AvgIpc) is 4.00. The topological polar surface area (TPSA) is 149 Å². The van der Waals surface area contributed by atoms with Crippen LogP contribution in [0.3, 0.4) is 0 Å². The number of likely N-dealkylation sites (tertiary alicyclic amines) is 1. The van der Waals surface area contributed by atoms with E-state index in [9.17, 15) is 24.0 Å². The number of rotatable bonds is 21. The normalized spacial score (nSPS) is 20.7. The Morgan fingerprint density at radius 3 is 2.05 bits per heavy atom. The number of hydrogen-bond donors (Lipinski definition) is 5. The van der Waals surface area contributed by atoms with Gasteiger partial charge in [-0.05, 0) is 82.0 Å². The minimum absolute atomic E-state index is 0.0388. The monoisotopic (exact) mass is 765 g/mol. The molecular formula is C44H72N6O5. The van der Waals surface area contributed by atoms with Crippen LogP contribution in [0.1, 0.15) is 137 Å². The Bertz CT molecular complexity index is 1320. The number of nitrogens with one attached hydrogen (secondary N) is 5. The first-order valence-corrected chi connectivity index (χ1v) is 21.2. The molecule has 2 saturated carbocycles. The predicted octanol–water partition coefficient (Wildman–Crippen LogP) is 5.84. The summed E-state index contributed by atoms with van der Waals surface area (Å²) < 4.78 is 0. The molecule has 3 rings (SSSR count). The van der Waals surface area contributed by atoms with Crippen LogP contribution in [0.15, 0.2) is 12.3 Å². The smallest absolute Gasteiger partial charge is 0.315 e. The summed E-state index contributed by atoms with van der Waals surface area (Å²) in [5.74, 6) is 3.36. The van der Waals surface area contributed by atoms with Crippen molar-refractivity contribution in [2.24, 2.45) is 29.6 Å². The van der Waals surface area contributed by atoms with Gasteiger partial charge in [0.15, 0.2) is 0 Å². The third-order valence-electron chi connectivity index (χ3n) is 11.3. The van der Waals surface area contributed by atoms with Gasteiger partial charge in [-0.3, -0.25) is 19.2 Å². The summed E-state index contributed by atoms with van der Waals surface area (Å²) in [4.78, 5) is 68.1. The number of terminal acetylenes is 2. The number of fused-ring (bicyclic) bond motifs is 1. The van der Waals surface area contributed by atoms with Gasteiger partial charge in [-0.1, -0.05) is 78.7 Å². The zero-order valence-corrected chi connectivity index (χ0v) is 34.6. The van der Waals surface area contributed by atoms with E-state index >= 15 is 0 Å². The van der Waals surface area contributed by atoms with E-state index < -0.39 is 29.7 Å². The van der Waals surface area contributed by atoms with Crippen molar-refractivity contribution in [1.82, 2.24) is 31.5 Å². The zero-order valence-electron chi connectivity index (χ0n) is 34.6. The van der Waals surface area contributed by atoms with Crippen LogP contribution in [0, 0.1) is 54.3 Å². The molecule has 6 atom stereocenters. The van der Waals surface area contributed by atoms with Gasteiger partial charge in [-0.15, -0.1) is 18.8 Å². The molecule has 5 amide bonds. The molecule has 0 radical (unpaired) electrons. The molecule has 0 aromatic carbocycles. The van der Waals surface area contributed by atoms with Gasteiger partial charge in [-0.25, -0.2) is 4.79 Å². The van der Waals surface area contributed by atoms with Crippen molar-refractivity contribution in [3.63, 3.8) is 0 Å². The first-order valence-electron chi connectivity index (χ1n) is 21.2. The van der Waals surface area contributed by atoms with Gasteiger partial charge in [-0.2, -0.15) is 0 Å². The highest BCUT2D eigenvalue weighted by atomic mass is 16.2. The van der Waals surface area contributed by atoms with Gasteiger partial charge in [0, 0.05) is 50.3 Å². The van der Waals surface area contributed by atoms with Crippen molar-refractivity contribution >= 4 is 29.5 Å². The van der Waals surface area contributed by atoms with Gasteiger partial charge < -0.3 is 31.5 Å². The number of carbonyl (C=O) groups excluding carboxylic acids is 5. The fraction of sp³-hybridized carbons (Fsp3) is 0.750. The lowest BCUT2D eigenvalue weighted by Gasteiger charge is -2.37. The van der Waals surface area contributed by atoms with Crippen molar-refractivity contribution in [1.29, 1.82) is 0 Å². The van der Waals surface area contributed by atoms with E-state index in [2.05, 4.69) is 72.7 Å². The molecule has 0 aromatic heterocycles. The number of Topliss-reactive ketones (excluding diaryl/α,β-unsaturated/α-hetero) is 1. The summed E-state index contributed by atoms with van der Waals surface area (Å²) in [6, 6.07) is -1.51. The molecule has 1 aliphatic heterocycles. The molecule has 11 nitrogen and oxygen atoms in total. The summed E-state index contributed by atoms with van der Waals surface area (Å²) in [6.45, 7) is 16.0. The molecule has 308 valence electrons. The molecule has 0 spiro atoms. The van der Waals surface area contributed by atoms with E-state index in [0.29, 0.717) is 25.3 Å². The van der Waals surface area contributed by atoms with Gasteiger partial charge >= 0.3 is 6.03 Å². The highest BCUT2D eigenvalue weighted by Crippen LogP contribution is 2.48. The minimum atomic E-state index is -0.790. The van der Waals surface area contributed by atoms with Crippen molar-refractivity contribution < 1.29 is 24.0 Å². The number of allylic oxidation sites excluding steroid dienone is 1. The first kappa shape index (κ1) is 47.2. The number of piperidine rings is 1. The summed E-state index contributed by atoms with van der Waals surface area (Å²) in [5.41, 5.74) is 1.06. The Morgan fingerprint density at radius 1 is 0.836 bits per heavy atom. The van der Waals surface area contributed by atoms with Gasteiger partial charge in [0.2, 0.25) is 17.6 Å². The van der Waals surface area contributed by atoms with E-state index in [4.69, 9.17) is 12.8 Å². The molecule has 5 N–H and O–H groups in total. The number of carbonyl (C=O) groups is 5. The SMILES string of the molecule is C#CCCC(CC(=O)C(=O)NCC#C)NC(=O)C1CN(C(=O)C(NC(=O)NC(CC)C(CCC)CCC)C2CCCCCC2)C[C@@H]2C[C@H]12.C=C(C)NCCC. The Labute approximate surface area is 332 Å². The highest BCUT2D eigenvalue weighted by Gasteiger charge is 2.52. The molecule has 55 heavy (non-hydrogen) atoms. The van der Waals surface area contributed by atoms with E-state index in [-0.39, 0.29) is 61.2 Å². The van der Waals surface area contributed by atoms with E-state index in [1.807, 2.05) is 6.92 Å². The van der Waals surface area contributed by atoms with Crippen molar-refractivity contribution in [3.05, 3.63) is 12.3 Å². The molecule has 1 saturated heterocycles. The summed E-state index contributed by atoms with van der Waals surface area (Å²) in [6.07, 6.45) is 24.3. The van der Waals surface area contributed by atoms with E-state index in [1.165, 1.54) is 6.42 Å². The lowest BCUT2D eigenvalue weighted by Crippen LogP contribution is -2.58. The minimum Gasteiger partial charge on any atom is -0.389 e. The van der Waals surface area contributed by atoms with Crippen LogP contribution < -0.4 is 26.6 Å². The fourth-order valence-electron chi connectivity index (χ4n) is 8.25. The number of ketones is 1. The second-order valence-electron chi connectivity index (χ2n) is 15.9. The van der Waals surface area contributed by atoms with Crippen molar-refractivity contribution in [3.8, 4) is 24.7 Å². The van der Waals surface area contributed by atoms with E-state index in [1.54, 1.807) is 4.90 Å². The molecular weight excluding hydrogens is 693 g/mol. The average molecular weight is 765 g/mol. The van der Waals surface area contributed by atoms with Crippen LogP contribution in [0.2, 0.25) is 0 Å². The Kier molecular flexibility index (Phi) is 22.3. The molecule has 1 heterocycles. The number of hydrogen-bond acceptors (Lipinski definition) is 6. The maximum Gasteiger partial charge on any atom is 0.315 e. The molecule has 2 aliphatic carbocycles. The summed E-state index contributed by atoms with van der Waals surface area (Å²) in [5, 5.41) is 14.8. The standard InChI is InChI=1S/C38H59N5O5.C6H13N/c1-6-11-20-29(23-33(44)36(46)39-21-9-4)40-35(45)31-25-43(24-28-22-30(28)31)37(47)34(27-18-14-12-13-15-19-27)42-38(48)41-32(10-5)26(16-7-2)17-8-3;1-4-5-7-6(2)3/h1,4,26-32,34H,7-8,10-25H2,2-3,5H3,(H,39,46)(H,40,45)(H2,41,42,48);7H,2,4-5H2,1,3H3/t28-,29?,30-,31?,32?,34?;/m0./s1. The van der Waals surface area contributed by atoms with Crippen LogP contribution >= 0.6 is 0 Å². The quantitative estimate of drug-likeness (QED) is 0.0564. The Morgan fingerprint density at radius 2 is 1.51 bits per heavy atom. The Balaban J connectivity index is 0.00000136. The van der Waals surface area contributed by atoms with Crippen LogP contribution in [-0.4, -0.2) is 78.7 Å². The fourth-order valence-corrected chi connectivity index (χ4v) is 8.25. The molecule has 3 fully saturated rings. The largest absolute Gasteiger partial charge is 0.389 e. The van der Waals surface area contributed by atoms with Gasteiger partial charge in [0.05, 0.1) is 12.5 Å². The predicted molar refractivity (Wildman–Crippen MR) is 220 cm³/mol. The maximum absolute atomic E-state index is 14.4. The molecule has 3 aliphatic rings. The van der Waals surface area contributed by atoms with Crippen LogP contribution in [0.5, 0.6) is 0 Å². The second-order valence-corrected chi connectivity index (χ2v) is 15.9. The van der Waals surface area contributed by atoms with Gasteiger partial charge in [0.1, 0.15) is 6.04 Å². The number of urea groups is 1. The Hall–Kier alpha value is -3.99. The van der Waals surface area contributed by atoms with Crippen molar-refractivity contribution in [2.75, 3.05) is 26.2 Å². The number of amides is 5. The highest BCUT2D eigenvalue weighted by molar-refractivity contribution is 6.36. The third-order valence-corrected chi connectivity index (χ3v) is 11.3.